The number of rotatable bonds is 5. The third kappa shape index (κ3) is 3.41. The van der Waals surface area contributed by atoms with Crippen molar-refractivity contribution in [3.05, 3.63) is 100 Å². The molecule has 0 fully saturated rings. The van der Waals surface area contributed by atoms with Crippen molar-refractivity contribution in [3.63, 3.8) is 0 Å². The fraction of sp³-hybridized carbons (Fsp3) is 0.0435. The number of aromatic nitrogens is 4. The summed E-state index contributed by atoms with van der Waals surface area (Å²) in [6.07, 6.45) is 0. The molecule has 0 aliphatic heterocycles. The van der Waals surface area contributed by atoms with Crippen molar-refractivity contribution in [2.24, 2.45) is 0 Å². The van der Waals surface area contributed by atoms with E-state index in [1.807, 2.05) is 54.6 Å². The Morgan fingerprint density at radius 2 is 1.59 bits per heavy atom. The van der Waals surface area contributed by atoms with Gasteiger partial charge in [-0.25, -0.2) is 0 Å². The van der Waals surface area contributed by atoms with Crippen LogP contribution in [0, 0.1) is 10.1 Å². The average molecular weight is 424 g/mol. The maximum atomic E-state index is 12.5. The van der Waals surface area contributed by atoms with Gasteiger partial charge in [0.1, 0.15) is 0 Å². The fourth-order valence-electron chi connectivity index (χ4n) is 3.54. The lowest BCUT2D eigenvalue weighted by atomic mass is 10.1. The summed E-state index contributed by atoms with van der Waals surface area (Å²) in [5.41, 5.74) is 2.58. The monoisotopic (exact) mass is 424 g/mol. The second kappa shape index (κ2) is 7.88. The smallest absolute Gasteiger partial charge is 0.269 e. The van der Waals surface area contributed by atoms with E-state index in [2.05, 4.69) is 15.5 Å². The number of nitro benzene ring substituents is 1. The highest BCUT2D eigenvalue weighted by Gasteiger charge is 2.16. The number of nitrogens with one attached hydrogen (secondary N) is 1. The molecule has 0 saturated heterocycles. The summed E-state index contributed by atoms with van der Waals surface area (Å²) >= 11 is 0. The number of amides is 1. The van der Waals surface area contributed by atoms with Crippen LogP contribution in [-0.4, -0.2) is 30.6 Å². The molecule has 1 amide bonds. The van der Waals surface area contributed by atoms with Gasteiger partial charge in [0.2, 0.25) is 0 Å². The quantitative estimate of drug-likeness (QED) is 0.339. The first-order valence-electron chi connectivity index (χ1n) is 9.83. The number of nitrogens with zero attached hydrogens (tertiary/aromatic N) is 5. The highest BCUT2D eigenvalue weighted by atomic mass is 16.6. The standard InChI is InChI=1S/C23H16N6O3/c30-23(16-10-12-17(13-11-16)29(31)32)24-14-20-25-26-22-19-9-5-4-8-18(19)21(27-28(20)22)15-6-2-1-3-7-15/h1-13H,14H2,(H,24,30). The molecule has 5 aromatic rings. The molecular formula is C23H16N6O3. The number of benzene rings is 3. The Morgan fingerprint density at radius 1 is 0.906 bits per heavy atom. The van der Waals surface area contributed by atoms with Crippen molar-refractivity contribution < 1.29 is 9.72 Å². The Morgan fingerprint density at radius 3 is 2.31 bits per heavy atom. The Bertz CT molecular complexity index is 1460. The average Bonchev–Trinajstić information content (AvgIpc) is 3.25. The van der Waals surface area contributed by atoms with Crippen LogP contribution in [0.4, 0.5) is 5.69 Å². The van der Waals surface area contributed by atoms with Crippen molar-refractivity contribution in [3.8, 4) is 11.3 Å². The molecule has 0 spiro atoms. The summed E-state index contributed by atoms with van der Waals surface area (Å²) in [6.45, 7) is 0.0938. The first-order chi connectivity index (χ1) is 15.6. The van der Waals surface area contributed by atoms with Gasteiger partial charge >= 0.3 is 0 Å². The van der Waals surface area contributed by atoms with Gasteiger partial charge < -0.3 is 5.32 Å². The molecule has 9 heteroatoms. The van der Waals surface area contributed by atoms with Crippen molar-refractivity contribution >= 4 is 28.0 Å². The molecule has 0 atom stereocenters. The van der Waals surface area contributed by atoms with Crippen LogP contribution in [0.25, 0.3) is 27.7 Å². The number of fused-ring (bicyclic) bond motifs is 3. The molecule has 2 aromatic heterocycles. The summed E-state index contributed by atoms with van der Waals surface area (Å²) in [4.78, 5) is 22.8. The van der Waals surface area contributed by atoms with E-state index in [-0.39, 0.29) is 18.1 Å². The Hall–Kier alpha value is -4.66. The lowest BCUT2D eigenvalue weighted by molar-refractivity contribution is -0.384. The second-order valence-electron chi connectivity index (χ2n) is 7.10. The maximum absolute atomic E-state index is 12.5. The van der Waals surface area contributed by atoms with Gasteiger partial charge in [-0.3, -0.25) is 14.9 Å². The molecule has 3 aromatic carbocycles. The number of non-ortho nitro benzene ring substituents is 1. The minimum Gasteiger partial charge on any atom is -0.345 e. The number of carbonyl (C=O) groups is 1. The molecule has 0 unspecified atom stereocenters. The molecule has 0 aliphatic carbocycles. The van der Waals surface area contributed by atoms with Crippen LogP contribution in [0.2, 0.25) is 0 Å². The van der Waals surface area contributed by atoms with E-state index in [0.717, 1.165) is 22.0 Å². The van der Waals surface area contributed by atoms with Gasteiger partial charge in [-0.15, -0.1) is 10.2 Å². The summed E-state index contributed by atoms with van der Waals surface area (Å²) in [7, 11) is 0. The molecule has 0 radical (unpaired) electrons. The van der Waals surface area contributed by atoms with Crippen LogP contribution >= 0.6 is 0 Å². The van der Waals surface area contributed by atoms with Crippen molar-refractivity contribution in [1.29, 1.82) is 0 Å². The lowest BCUT2D eigenvalue weighted by Gasteiger charge is -2.09. The summed E-state index contributed by atoms with van der Waals surface area (Å²) in [5, 5.41) is 28.7. The van der Waals surface area contributed by atoms with Crippen LogP contribution in [0.5, 0.6) is 0 Å². The number of hydrogen-bond donors (Lipinski definition) is 1. The van der Waals surface area contributed by atoms with Gasteiger partial charge in [-0.1, -0.05) is 54.6 Å². The normalized spacial score (nSPS) is 11.0. The minimum absolute atomic E-state index is 0.0745. The molecular weight excluding hydrogens is 408 g/mol. The van der Waals surface area contributed by atoms with Gasteiger partial charge in [0.25, 0.3) is 11.6 Å². The zero-order chi connectivity index (χ0) is 22.1. The molecule has 5 rings (SSSR count). The number of nitro groups is 1. The summed E-state index contributed by atoms with van der Waals surface area (Å²) in [6, 6.07) is 23.1. The molecule has 0 saturated carbocycles. The van der Waals surface area contributed by atoms with Gasteiger partial charge in [-0.05, 0) is 12.1 Å². The van der Waals surface area contributed by atoms with E-state index >= 15 is 0 Å². The number of carbonyl (C=O) groups excluding carboxylic acids is 1. The number of hydrogen-bond acceptors (Lipinski definition) is 6. The molecule has 156 valence electrons. The van der Waals surface area contributed by atoms with Crippen LogP contribution in [0.3, 0.4) is 0 Å². The highest BCUT2D eigenvalue weighted by Crippen LogP contribution is 2.28. The van der Waals surface area contributed by atoms with Gasteiger partial charge in [0.15, 0.2) is 11.5 Å². The summed E-state index contributed by atoms with van der Waals surface area (Å²) < 4.78 is 1.64. The Balaban J connectivity index is 1.49. The third-order valence-corrected chi connectivity index (χ3v) is 5.12. The van der Waals surface area contributed by atoms with E-state index in [1.165, 1.54) is 24.3 Å². The maximum Gasteiger partial charge on any atom is 0.269 e. The van der Waals surface area contributed by atoms with Crippen LogP contribution in [-0.2, 0) is 6.54 Å². The zero-order valence-corrected chi connectivity index (χ0v) is 16.7. The topological polar surface area (TPSA) is 115 Å². The Labute approximate surface area is 181 Å². The van der Waals surface area contributed by atoms with Crippen LogP contribution in [0.15, 0.2) is 78.9 Å². The second-order valence-corrected chi connectivity index (χ2v) is 7.10. The van der Waals surface area contributed by atoms with E-state index in [9.17, 15) is 14.9 Å². The van der Waals surface area contributed by atoms with E-state index in [4.69, 9.17) is 5.10 Å². The molecule has 9 nitrogen and oxygen atoms in total. The first kappa shape index (κ1) is 19.3. The molecule has 2 heterocycles. The van der Waals surface area contributed by atoms with Gasteiger partial charge in [-0.2, -0.15) is 9.61 Å². The predicted molar refractivity (Wildman–Crippen MR) is 118 cm³/mol. The van der Waals surface area contributed by atoms with Crippen LogP contribution in [0.1, 0.15) is 16.2 Å². The molecule has 0 bridgehead atoms. The van der Waals surface area contributed by atoms with Crippen molar-refractivity contribution in [2.75, 3.05) is 0 Å². The van der Waals surface area contributed by atoms with Gasteiger partial charge in [0, 0.05) is 34.0 Å². The van der Waals surface area contributed by atoms with Crippen molar-refractivity contribution in [1.82, 2.24) is 25.1 Å². The Kier molecular flexibility index (Phi) is 4.75. The van der Waals surface area contributed by atoms with Crippen LogP contribution < -0.4 is 5.32 Å². The third-order valence-electron chi connectivity index (χ3n) is 5.12. The van der Waals surface area contributed by atoms with Crippen molar-refractivity contribution in [2.45, 2.75) is 6.54 Å². The zero-order valence-electron chi connectivity index (χ0n) is 16.7. The molecule has 1 N–H and O–H groups in total. The SMILES string of the molecule is O=C(NCc1nnc2c3ccccc3c(-c3ccccc3)nn12)c1ccc([N+](=O)[O-])cc1. The van der Waals surface area contributed by atoms with E-state index in [1.54, 1.807) is 4.52 Å². The summed E-state index contributed by atoms with van der Waals surface area (Å²) in [5.74, 6) is 0.0962. The van der Waals surface area contributed by atoms with E-state index in [0.29, 0.717) is 17.0 Å². The molecule has 32 heavy (non-hydrogen) atoms. The molecule has 0 aliphatic rings. The fourth-order valence-corrected chi connectivity index (χ4v) is 3.54. The van der Waals surface area contributed by atoms with Gasteiger partial charge in [0.05, 0.1) is 17.2 Å². The highest BCUT2D eigenvalue weighted by molar-refractivity contribution is 6.01. The first-order valence-corrected chi connectivity index (χ1v) is 9.83. The lowest BCUT2D eigenvalue weighted by Crippen LogP contribution is -2.24. The van der Waals surface area contributed by atoms with E-state index < -0.39 is 4.92 Å². The predicted octanol–water partition coefficient (Wildman–Crippen LogP) is 3.78. The minimum atomic E-state index is -0.510. The largest absolute Gasteiger partial charge is 0.345 e.